The van der Waals surface area contributed by atoms with Gasteiger partial charge in [-0.3, -0.25) is 4.90 Å². The highest BCUT2D eigenvalue weighted by Crippen LogP contribution is 2.33. The lowest BCUT2D eigenvalue weighted by atomic mass is 9.93. The first-order chi connectivity index (χ1) is 17.3. The Morgan fingerprint density at radius 3 is 2.33 bits per heavy atom. The van der Waals surface area contributed by atoms with Crippen molar-refractivity contribution in [3.05, 3.63) is 65.2 Å². The Kier molecular flexibility index (Phi) is 8.36. The Morgan fingerprint density at radius 2 is 1.69 bits per heavy atom. The van der Waals surface area contributed by atoms with E-state index < -0.39 is 11.7 Å². The van der Waals surface area contributed by atoms with Crippen LogP contribution in [0, 0.1) is 17.2 Å². The zero-order chi connectivity index (χ0) is 25.5. The molecule has 4 rings (SSSR count). The van der Waals surface area contributed by atoms with Crippen molar-refractivity contribution in [2.24, 2.45) is 5.92 Å². The summed E-state index contributed by atoms with van der Waals surface area (Å²) in [5.41, 5.74) is 0.981. The quantitative estimate of drug-likeness (QED) is 0.625. The minimum Gasteiger partial charge on any atom is -0.367 e. The molecule has 36 heavy (non-hydrogen) atoms. The Labute approximate surface area is 210 Å². The van der Waals surface area contributed by atoms with E-state index in [1.807, 2.05) is 17.0 Å². The number of rotatable bonds is 6. The molecule has 2 fully saturated rings. The maximum atomic E-state index is 13.0. The lowest BCUT2D eigenvalue weighted by molar-refractivity contribution is -0.137. The Hall–Kier alpha value is -3.25. The number of likely N-dealkylation sites (tertiary alicyclic amines) is 1. The molecule has 9 heteroatoms. The van der Waals surface area contributed by atoms with Gasteiger partial charge in [-0.2, -0.15) is 18.4 Å². The average molecular weight is 500 g/mol. The summed E-state index contributed by atoms with van der Waals surface area (Å²) in [6.07, 6.45) is -1.26. The Bertz CT molecular complexity index is 1050. The second-order valence-electron chi connectivity index (χ2n) is 9.54. The first-order valence-corrected chi connectivity index (χ1v) is 12.5. The summed E-state index contributed by atoms with van der Waals surface area (Å²) in [5, 5.41) is 12.4. The highest BCUT2D eigenvalue weighted by molar-refractivity contribution is 5.74. The number of alkyl halides is 3. The molecule has 0 aliphatic carbocycles. The normalized spacial score (nSPS) is 17.6. The molecule has 0 unspecified atom stereocenters. The number of halogens is 3. The lowest BCUT2D eigenvalue weighted by Gasteiger charge is -2.36. The summed E-state index contributed by atoms with van der Waals surface area (Å²) < 4.78 is 38.9. The fourth-order valence-corrected chi connectivity index (χ4v) is 5.00. The van der Waals surface area contributed by atoms with Gasteiger partial charge < -0.3 is 15.1 Å². The van der Waals surface area contributed by atoms with Crippen LogP contribution < -0.4 is 10.2 Å². The maximum Gasteiger partial charge on any atom is 0.416 e. The predicted molar refractivity (Wildman–Crippen MR) is 132 cm³/mol. The van der Waals surface area contributed by atoms with Gasteiger partial charge in [0.15, 0.2) is 0 Å². The van der Waals surface area contributed by atoms with Gasteiger partial charge in [0.2, 0.25) is 0 Å². The molecule has 2 aliphatic heterocycles. The number of carbonyl (C=O) groups is 1. The number of piperidine rings is 1. The van der Waals surface area contributed by atoms with Crippen molar-refractivity contribution in [2.45, 2.75) is 32.0 Å². The van der Waals surface area contributed by atoms with Crippen LogP contribution in [0.15, 0.2) is 48.5 Å². The van der Waals surface area contributed by atoms with E-state index in [-0.39, 0.29) is 11.6 Å². The highest BCUT2D eigenvalue weighted by atomic mass is 19.4. The summed E-state index contributed by atoms with van der Waals surface area (Å²) in [7, 11) is 0. The van der Waals surface area contributed by atoms with E-state index in [9.17, 15) is 23.2 Å². The van der Waals surface area contributed by atoms with Gasteiger partial charge in [-0.15, -0.1) is 0 Å². The molecule has 0 radical (unpaired) electrons. The number of benzene rings is 2. The lowest BCUT2D eigenvalue weighted by Crippen LogP contribution is -2.52. The van der Waals surface area contributed by atoms with E-state index in [4.69, 9.17) is 0 Å². The number of nitriles is 1. The standard InChI is InChI=1S/C27H32F3N5O/c28-27(29,30)24-6-7-25(23(18-24)19-31)34-14-16-35(17-15-34)26(36)32-11-8-21-9-12-33(13-10-21)20-22-4-2-1-3-5-22/h1-7,18,21H,8-17,20H2,(H,32,36). The van der Waals surface area contributed by atoms with Crippen molar-refractivity contribution in [2.75, 3.05) is 50.7 Å². The minimum absolute atomic E-state index is 0.00228. The van der Waals surface area contributed by atoms with Crippen LogP contribution in [0.1, 0.15) is 36.0 Å². The van der Waals surface area contributed by atoms with Crippen molar-refractivity contribution >= 4 is 11.7 Å². The van der Waals surface area contributed by atoms with Crippen molar-refractivity contribution in [3.8, 4) is 6.07 Å². The van der Waals surface area contributed by atoms with Crippen molar-refractivity contribution < 1.29 is 18.0 Å². The monoisotopic (exact) mass is 499 g/mol. The summed E-state index contributed by atoms with van der Waals surface area (Å²) in [4.78, 5) is 18.7. The van der Waals surface area contributed by atoms with E-state index >= 15 is 0 Å². The largest absolute Gasteiger partial charge is 0.416 e. The summed E-state index contributed by atoms with van der Waals surface area (Å²) in [6, 6.07) is 15.5. The van der Waals surface area contributed by atoms with E-state index in [0.29, 0.717) is 44.3 Å². The van der Waals surface area contributed by atoms with Crippen molar-refractivity contribution in [1.82, 2.24) is 15.1 Å². The number of nitrogens with one attached hydrogen (secondary N) is 1. The number of hydrogen-bond acceptors (Lipinski definition) is 4. The van der Waals surface area contributed by atoms with Crippen LogP contribution in [0.5, 0.6) is 0 Å². The topological polar surface area (TPSA) is 62.6 Å². The zero-order valence-corrected chi connectivity index (χ0v) is 20.3. The third kappa shape index (κ3) is 6.70. The van der Waals surface area contributed by atoms with Crippen LogP contribution in [-0.2, 0) is 12.7 Å². The highest BCUT2D eigenvalue weighted by Gasteiger charge is 2.32. The molecule has 0 spiro atoms. The first-order valence-electron chi connectivity index (χ1n) is 12.5. The van der Waals surface area contributed by atoms with Gasteiger partial charge in [-0.25, -0.2) is 4.79 Å². The van der Waals surface area contributed by atoms with Crippen LogP contribution in [-0.4, -0.2) is 61.6 Å². The van der Waals surface area contributed by atoms with Gasteiger partial charge >= 0.3 is 12.2 Å². The molecule has 0 saturated carbocycles. The maximum absolute atomic E-state index is 13.0. The molecule has 0 atom stereocenters. The van der Waals surface area contributed by atoms with E-state index in [2.05, 4.69) is 34.5 Å². The van der Waals surface area contributed by atoms with Gasteiger partial charge in [0.05, 0.1) is 16.8 Å². The molecule has 0 bridgehead atoms. The van der Waals surface area contributed by atoms with Gasteiger partial charge in [-0.05, 0) is 62.0 Å². The van der Waals surface area contributed by atoms with Gasteiger partial charge in [0.1, 0.15) is 6.07 Å². The van der Waals surface area contributed by atoms with Crippen LogP contribution in [0.25, 0.3) is 0 Å². The number of nitrogens with zero attached hydrogens (tertiary/aromatic N) is 4. The molecular weight excluding hydrogens is 467 g/mol. The molecule has 2 aromatic carbocycles. The second kappa shape index (κ2) is 11.7. The van der Waals surface area contributed by atoms with Crippen molar-refractivity contribution in [3.63, 3.8) is 0 Å². The van der Waals surface area contributed by atoms with E-state index in [1.54, 1.807) is 4.90 Å². The predicted octanol–water partition coefficient (Wildman–Crippen LogP) is 4.71. The molecule has 6 nitrogen and oxygen atoms in total. The fraction of sp³-hybridized carbons (Fsp3) is 0.481. The average Bonchev–Trinajstić information content (AvgIpc) is 2.89. The molecule has 2 aromatic rings. The molecular formula is C27H32F3N5O. The molecule has 2 aliphatic rings. The minimum atomic E-state index is -4.49. The SMILES string of the molecule is N#Cc1cc(C(F)(F)F)ccc1N1CCN(C(=O)NCCC2CCN(Cc3ccccc3)CC2)CC1. The first kappa shape index (κ1) is 25.8. The van der Waals surface area contributed by atoms with Crippen LogP contribution in [0.4, 0.5) is 23.7 Å². The molecule has 192 valence electrons. The van der Waals surface area contributed by atoms with Crippen molar-refractivity contribution in [1.29, 1.82) is 5.26 Å². The van der Waals surface area contributed by atoms with Gasteiger partial charge in [0, 0.05) is 39.3 Å². The molecule has 2 saturated heterocycles. The number of carbonyl (C=O) groups excluding carboxylic acids is 1. The summed E-state index contributed by atoms with van der Waals surface area (Å²) >= 11 is 0. The summed E-state index contributed by atoms with van der Waals surface area (Å²) in [6.45, 7) is 5.61. The molecule has 2 amide bonds. The number of amides is 2. The number of urea groups is 1. The van der Waals surface area contributed by atoms with Gasteiger partial charge in [0.25, 0.3) is 0 Å². The van der Waals surface area contributed by atoms with Crippen LogP contribution >= 0.6 is 0 Å². The smallest absolute Gasteiger partial charge is 0.367 e. The second-order valence-corrected chi connectivity index (χ2v) is 9.54. The summed E-state index contributed by atoms with van der Waals surface area (Å²) in [5.74, 6) is 0.609. The van der Waals surface area contributed by atoms with Gasteiger partial charge in [-0.1, -0.05) is 30.3 Å². The third-order valence-electron chi connectivity index (χ3n) is 7.14. The fourth-order valence-electron chi connectivity index (χ4n) is 5.00. The number of anilines is 1. The number of hydrogen-bond donors (Lipinski definition) is 1. The third-order valence-corrected chi connectivity index (χ3v) is 7.14. The molecule has 2 heterocycles. The number of piperazine rings is 1. The zero-order valence-electron chi connectivity index (χ0n) is 20.3. The molecule has 0 aromatic heterocycles. The molecule has 1 N–H and O–H groups in total. The van der Waals surface area contributed by atoms with Crippen LogP contribution in [0.3, 0.4) is 0 Å². The van der Waals surface area contributed by atoms with E-state index in [1.165, 1.54) is 11.6 Å². The Morgan fingerprint density at radius 1 is 1.00 bits per heavy atom. The van der Waals surface area contributed by atoms with Crippen LogP contribution in [0.2, 0.25) is 0 Å². The Balaban J connectivity index is 1.17. The van der Waals surface area contributed by atoms with E-state index in [0.717, 1.165) is 51.0 Å².